The fourth-order valence-electron chi connectivity index (χ4n) is 12.1. The van der Waals surface area contributed by atoms with Crippen molar-refractivity contribution in [3.8, 4) is 55.6 Å². The fourth-order valence-corrected chi connectivity index (χ4v) is 12.1. The number of fused-ring (bicyclic) bond motifs is 22. The molecule has 11 aromatic rings. The Morgan fingerprint density at radius 2 is 0.934 bits per heavy atom. The number of benzene rings is 10. The van der Waals surface area contributed by atoms with Gasteiger partial charge in [-0.3, -0.25) is 0 Å². The highest BCUT2D eigenvalue weighted by Gasteiger charge is 2.54. The Hall–Kier alpha value is -7.48. The molecule has 14 rings (SSSR count). The molecule has 0 amide bonds. The molecule has 3 aliphatic rings. The Bertz CT molecular complexity index is 3680. The molecule has 0 N–H and O–H groups in total. The van der Waals surface area contributed by atoms with Crippen molar-refractivity contribution >= 4 is 43.5 Å². The van der Waals surface area contributed by atoms with Crippen LogP contribution in [0.2, 0.25) is 0 Å². The molecule has 10 aromatic carbocycles. The van der Waals surface area contributed by atoms with Gasteiger partial charge < -0.3 is 4.42 Å². The van der Waals surface area contributed by atoms with Crippen molar-refractivity contribution < 1.29 is 4.42 Å². The van der Waals surface area contributed by atoms with Crippen LogP contribution in [0.15, 0.2) is 199 Å². The van der Waals surface area contributed by atoms with E-state index in [4.69, 9.17) is 4.42 Å². The summed E-state index contributed by atoms with van der Waals surface area (Å²) in [5.41, 5.74) is 21.8. The molecule has 1 spiro atoms. The van der Waals surface area contributed by atoms with Gasteiger partial charge in [-0.25, -0.2) is 0 Å². The van der Waals surface area contributed by atoms with Crippen molar-refractivity contribution in [2.24, 2.45) is 0 Å². The predicted octanol–water partition coefficient (Wildman–Crippen LogP) is 15.9. The van der Waals surface area contributed by atoms with E-state index in [0.717, 1.165) is 22.1 Å². The van der Waals surface area contributed by atoms with Crippen LogP contribution in [0.25, 0.3) is 99.1 Å². The van der Waals surface area contributed by atoms with Crippen molar-refractivity contribution in [1.29, 1.82) is 0 Å². The molecule has 0 atom stereocenters. The van der Waals surface area contributed by atoms with Crippen LogP contribution in [0.3, 0.4) is 0 Å². The van der Waals surface area contributed by atoms with Gasteiger partial charge in [0.15, 0.2) is 0 Å². The molecule has 1 heterocycles. The summed E-state index contributed by atoms with van der Waals surface area (Å²) in [6.45, 7) is 4.75. The molecule has 0 fully saturated rings. The summed E-state index contributed by atoms with van der Waals surface area (Å²) in [6, 6.07) is 72.8. The van der Waals surface area contributed by atoms with Gasteiger partial charge in [-0.1, -0.05) is 184 Å². The molecule has 0 saturated carbocycles. The van der Waals surface area contributed by atoms with E-state index in [9.17, 15) is 0 Å². The third-order valence-electron chi connectivity index (χ3n) is 14.7. The second-order valence-electron chi connectivity index (χ2n) is 17.8. The second kappa shape index (κ2) is 11.6. The maximum absolute atomic E-state index is 7.17. The molecule has 0 aliphatic heterocycles. The largest absolute Gasteiger partial charge is 0.455 e. The first-order valence-electron chi connectivity index (χ1n) is 21.5. The second-order valence-corrected chi connectivity index (χ2v) is 17.8. The lowest BCUT2D eigenvalue weighted by Crippen LogP contribution is -2.26. The van der Waals surface area contributed by atoms with Crippen LogP contribution in [-0.4, -0.2) is 0 Å². The summed E-state index contributed by atoms with van der Waals surface area (Å²) in [5, 5.41) is 7.44. The monoisotopic (exact) mass is 774 g/mol. The van der Waals surface area contributed by atoms with Crippen LogP contribution in [0.4, 0.5) is 0 Å². The molecule has 1 heteroatoms. The normalized spacial score (nSPS) is 14.7. The molecule has 1 aromatic heterocycles. The van der Waals surface area contributed by atoms with Crippen LogP contribution in [0, 0.1) is 0 Å². The summed E-state index contributed by atoms with van der Waals surface area (Å²) in [6.07, 6.45) is 0. The van der Waals surface area contributed by atoms with Crippen molar-refractivity contribution in [3.63, 3.8) is 0 Å². The lowest BCUT2D eigenvalue weighted by molar-refractivity contribution is 0.660. The summed E-state index contributed by atoms with van der Waals surface area (Å²) in [7, 11) is 0. The smallest absolute Gasteiger partial charge is 0.143 e. The van der Waals surface area contributed by atoms with Gasteiger partial charge in [0.2, 0.25) is 0 Å². The summed E-state index contributed by atoms with van der Waals surface area (Å²) in [5.74, 6) is 0. The highest BCUT2D eigenvalue weighted by molar-refractivity contribution is 6.27. The van der Waals surface area contributed by atoms with Crippen molar-refractivity contribution in [3.05, 3.63) is 228 Å². The highest BCUT2D eigenvalue weighted by Crippen LogP contribution is 2.67. The zero-order chi connectivity index (χ0) is 40.2. The Balaban J connectivity index is 1.19. The molecular weight excluding hydrogens is 737 g/mol. The minimum atomic E-state index is -0.595. The van der Waals surface area contributed by atoms with Gasteiger partial charge in [-0.2, -0.15) is 0 Å². The van der Waals surface area contributed by atoms with Crippen molar-refractivity contribution in [1.82, 2.24) is 0 Å². The first-order chi connectivity index (χ1) is 30.0. The SMILES string of the molecule is CC1(C)c2ccccc2-c2ccc(-c3cc4c(c5c3oc3ccccc35)-c3c(c5ccc(-c6ccccc6)cc5c5ccccc35)C43c4ccccc4-c4ccccc43)cc21. The van der Waals surface area contributed by atoms with Crippen molar-refractivity contribution in [2.75, 3.05) is 0 Å². The number of para-hydroxylation sites is 1. The van der Waals surface area contributed by atoms with Crippen LogP contribution in [-0.2, 0) is 10.8 Å². The Labute approximate surface area is 354 Å². The van der Waals surface area contributed by atoms with Crippen molar-refractivity contribution in [2.45, 2.75) is 24.7 Å². The van der Waals surface area contributed by atoms with Gasteiger partial charge in [-0.15, -0.1) is 0 Å². The standard InChI is InChI=1S/C60H38O/c1-59(2)48-24-12-8-19-39(48)42-30-29-37(33-51(42)59)46-34-52-56(55-45-23-11-15-27-53(45)61-58(46)55)54-43-22-7-6-18-38(43)47-32-36(35-16-4-3-5-17-35)28-31-44(47)57(54)60(52)49-25-13-9-20-40(49)41-21-10-14-26-50(41)60/h3-34H,1-2H3. The van der Waals surface area contributed by atoms with Gasteiger partial charge in [0.25, 0.3) is 0 Å². The van der Waals surface area contributed by atoms with Gasteiger partial charge in [-0.05, 0) is 129 Å². The third kappa shape index (κ3) is 4.07. The zero-order valence-corrected chi connectivity index (χ0v) is 33.9. The highest BCUT2D eigenvalue weighted by atomic mass is 16.3. The summed E-state index contributed by atoms with van der Waals surface area (Å²) < 4.78 is 7.17. The predicted molar refractivity (Wildman–Crippen MR) is 253 cm³/mol. The first kappa shape index (κ1) is 33.4. The van der Waals surface area contributed by atoms with E-state index >= 15 is 0 Å². The Morgan fingerprint density at radius 3 is 1.69 bits per heavy atom. The van der Waals surface area contributed by atoms with E-state index in [1.807, 2.05) is 0 Å². The Morgan fingerprint density at radius 1 is 0.344 bits per heavy atom. The van der Waals surface area contributed by atoms with E-state index in [1.54, 1.807) is 0 Å². The maximum Gasteiger partial charge on any atom is 0.143 e. The van der Waals surface area contributed by atoms with Crippen LogP contribution in [0.5, 0.6) is 0 Å². The average Bonchev–Trinajstić information content (AvgIpc) is 4.01. The minimum Gasteiger partial charge on any atom is -0.455 e. The topological polar surface area (TPSA) is 13.1 Å². The quantitative estimate of drug-likeness (QED) is 0.159. The van der Waals surface area contributed by atoms with Crippen LogP contribution >= 0.6 is 0 Å². The zero-order valence-electron chi connectivity index (χ0n) is 33.9. The fraction of sp³-hybridized carbons (Fsp3) is 0.0667. The summed E-state index contributed by atoms with van der Waals surface area (Å²) >= 11 is 0. The number of rotatable bonds is 2. The summed E-state index contributed by atoms with van der Waals surface area (Å²) in [4.78, 5) is 0. The van der Waals surface area contributed by atoms with Gasteiger partial charge in [0, 0.05) is 21.8 Å². The molecule has 3 aliphatic carbocycles. The molecule has 284 valence electrons. The molecule has 0 unspecified atom stereocenters. The molecular formula is C60H38O. The van der Waals surface area contributed by atoms with Crippen LogP contribution < -0.4 is 0 Å². The van der Waals surface area contributed by atoms with E-state index < -0.39 is 5.41 Å². The van der Waals surface area contributed by atoms with E-state index in [1.165, 1.54) is 110 Å². The molecule has 61 heavy (non-hydrogen) atoms. The number of hydrogen-bond acceptors (Lipinski definition) is 1. The van der Waals surface area contributed by atoms with E-state index in [2.05, 4.69) is 208 Å². The van der Waals surface area contributed by atoms with Gasteiger partial charge in [0.05, 0.1) is 5.41 Å². The molecule has 0 saturated heterocycles. The number of furan rings is 1. The molecule has 0 bridgehead atoms. The lowest BCUT2D eigenvalue weighted by atomic mass is 9.68. The maximum atomic E-state index is 7.17. The minimum absolute atomic E-state index is 0.136. The average molecular weight is 775 g/mol. The van der Waals surface area contributed by atoms with Gasteiger partial charge in [0.1, 0.15) is 11.2 Å². The number of hydrogen-bond donors (Lipinski definition) is 0. The van der Waals surface area contributed by atoms with Crippen LogP contribution in [0.1, 0.15) is 47.2 Å². The van der Waals surface area contributed by atoms with E-state index in [-0.39, 0.29) is 5.41 Å². The van der Waals surface area contributed by atoms with Gasteiger partial charge >= 0.3 is 0 Å². The third-order valence-corrected chi connectivity index (χ3v) is 14.7. The lowest BCUT2D eigenvalue weighted by Gasteiger charge is -2.32. The van der Waals surface area contributed by atoms with E-state index in [0.29, 0.717) is 0 Å². The Kier molecular flexibility index (Phi) is 6.36. The molecule has 0 radical (unpaired) electrons. The molecule has 1 nitrogen and oxygen atoms in total. The first-order valence-corrected chi connectivity index (χ1v) is 21.5.